The molecule has 0 bridgehead atoms. The molecule has 1 rings (SSSR count). The monoisotopic (exact) mass is 275 g/mol. The smallest absolute Gasteiger partial charge is 0.306 e. The number of nitro groups is 1. The van der Waals surface area contributed by atoms with Crippen LogP contribution in [0.5, 0.6) is 0 Å². The Bertz CT molecular complexity index is 343. The molecule has 0 aromatic heterocycles. The summed E-state index contributed by atoms with van der Waals surface area (Å²) in [5.74, 6) is -1.78. The van der Waals surface area contributed by atoms with Gasteiger partial charge in [-0.05, 0) is 20.8 Å². The normalized spacial score (nSPS) is 24.7. The SMILES string of the molecule is CCOC(=O)CC(C1COC(C)(C)O1)C(C)[N+](=O)[O-]. The van der Waals surface area contributed by atoms with Gasteiger partial charge in [0, 0.05) is 11.8 Å². The first-order chi connectivity index (χ1) is 8.76. The predicted molar refractivity (Wildman–Crippen MR) is 66.1 cm³/mol. The molecule has 1 heterocycles. The Kier molecular flexibility index (Phi) is 5.25. The third-order valence-corrected chi connectivity index (χ3v) is 3.17. The molecule has 0 aromatic carbocycles. The van der Waals surface area contributed by atoms with Crippen LogP contribution >= 0.6 is 0 Å². The molecule has 1 saturated heterocycles. The van der Waals surface area contributed by atoms with Crippen LogP contribution in [-0.4, -0.2) is 42.0 Å². The molecule has 1 aliphatic rings. The second-order valence-corrected chi connectivity index (χ2v) is 5.07. The zero-order valence-electron chi connectivity index (χ0n) is 11.8. The van der Waals surface area contributed by atoms with Gasteiger partial charge in [-0.2, -0.15) is 0 Å². The lowest BCUT2D eigenvalue weighted by molar-refractivity contribution is -0.530. The van der Waals surface area contributed by atoms with Crippen LogP contribution in [0.4, 0.5) is 0 Å². The van der Waals surface area contributed by atoms with Gasteiger partial charge in [0.05, 0.1) is 31.7 Å². The number of carbonyl (C=O) groups is 1. The van der Waals surface area contributed by atoms with Gasteiger partial charge in [-0.25, -0.2) is 0 Å². The highest BCUT2D eigenvalue weighted by Gasteiger charge is 2.44. The summed E-state index contributed by atoms with van der Waals surface area (Å²) in [6.07, 6.45) is -0.514. The minimum Gasteiger partial charge on any atom is -0.466 e. The molecule has 0 aromatic rings. The van der Waals surface area contributed by atoms with Crippen molar-refractivity contribution in [2.24, 2.45) is 5.92 Å². The molecule has 0 aliphatic carbocycles. The van der Waals surface area contributed by atoms with Crippen molar-refractivity contribution in [1.82, 2.24) is 0 Å². The van der Waals surface area contributed by atoms with Crippen LogP contribution in [0, 0.1) is 16.0 Å². The van der Waals surface area contributed by atoms with E-state index in [1.54, 1.807) is 20.8 Å². The van der Waals surface area contributed by atoms with Crippen molar-refractivity contribution >= 4 is 5.97 Å². The van der Waals surface area contributed by atoms with Crippen LogP contribution in [0.15, 0.2) is 0 Å². The number of hydrogen-bond acceptors (Lipinski definition) is 6. The Hall–Kier alpha value is -1.21. The van der Waals surface area contributed by atoms with Crippen molar-refractivity contribution in [2.75, 3.05) is 13.2 Å². The van der Waals surface area contributed by atoms with E-state index in [1.807, 2.05) is 0 Å². The van der Waals surface area contributed by atoms with Crippen molar-refractivity contribution in [3.05, 3.63) is 10.1 Å². The fourth-order valence-electron chi connectivity index (χ4n) is 2.11. The van der Waals surface area contributed by atoms with Crippen LogP contribution in [0.1, 0.15) is 34.1 Å². The lowest BCUT2D eigenvalue weighted by Gasteiger charge is -2.24. The average molecular weight is 275 g/mol. The summed E-state index contributed by atoms with van der Waals surface area (Å²) < 4.78 is 15.9. The maximum atomic E-state index is 11.6. The molecule has 19 heavy (non-hydrogen) atoms. The van der Waals surface area contributed by atoms with E-state index in [0.717, 1.165) is 0 Å². The van der Waals surface area contributed by atoms with Crippen molar-refractivity contribution < 1.29 is 23.9 Å². The fraction of sp³-hybridized carbons (Fsp3) is 0.917. The van der Waals surface area contributed by atoms with E-state index >= 15 is 0 Å². The third kappa shape index (κ3) is 4.43. The molecule has 7 nitrogen and oxygen atoms in total. The molecule has 0 spiro atoms. The molecule has 110 valence electrons. The Labute approximate surface area is 112 Å². The lowest BCUT2D eigenvalue weighted by Crippen LogP contribution is -2.39. The van der Waals surface area contributed by atoms with Gasteiger partial charge in [0.25, 0.3) is 0 Å². The largest absolute Gasteiger partial charge is 0.466 e. The van der Waals surface area contributed by atoms with Gasteiger partial charge in [-0.1, -0.05) is 0 Å². The Morgan fingerprint density at radius 2 is 2.21 bits per heavy atom. The average Bonchev–Trinajstić information content (AvgIpc) is 2.65. The maximum absolute atomic E-state index is 11.6. The molecular formula is C12H21NO6. The first-order valence-electron chi connectivity index (χ1n) is 6.37. The first-order valence-corrected chi connectivity index (χ1v) is 6.37. The minimum absolute atomic E-state index is 0.0416. The molecule has 0 radical (unpaired) electrons. The molecular weight excluding hydrogens is 254 g/mol. The van der Waals surface area contributed by atoms with Crippen LogP contribution in [-0.2, 0) is 19.0 Å². The standard InChI is InChI=1S/C12H21NO6/c1-5-17-11(14)6-9(8(2)13(15)16)10-7-18-12(3,4)19-10/h8-10H,5-7H2,1-4H3. The Morgan fingerprint density at radius 3 is 2.63 bits per heavy atom. The van der Waals surface area contributed by atoms with Crippen molar-refractivity contribution in [2.45, 2.75) is 52.0 Å². The van der Waals surface area contributed by atoms with E-state index in [0.29, 0.717) is 0 Å². The lowest BCUT2D eigenvalue weighted by atomic mass is 9.92. The van der Waals surface area contributed by atoms with E-state index in [9.17, 15) is 14.9 Å². The fourth-order valence-corrected chi connectivity index (χ4v) is 2.11. The van der Waals surface area contributed by atoms with Crippen LogP contribution < -0.4 is 0 Å². The molecule has 0 amide bonds. The van der Waals surface area contributed by atoms with Crippen molar-refractivity contribution in [3.63, 3.8) is 0 Å². The van der Waals surface area contributed by atoms with Crippen molar-refractivity contribution in [1.29, 1.82) is 0 Å². The summed E-state index contributed by atoms with van der Waals surface area (Å²) in [7, 11) is 0. The minimum atomic E-state index is -0.896. The van der Waals surface area contributed by atoms with E-state index in [2.05, 4.69) is 0 Å². The number of rotatable bonds is 6. The summed E-state index contributed by atoms with van der Waals surface area (Å²) in [5.41, 5.74) is 0. The summed E-state index contributed by atoms with van der Waals surface area (Å²) in [6.45, 7) is 7.15. The summed E-state index contributed by atoms with van der Waals surface area (Å²) >= 11 is 0. The van der Waals surface area contributed by atoms with Crippen molar-refractivity contribution in [3.8, 4) is 0 Å². The van der Waals surface area contributed by atoms with Crippen LogP contribution in [0.2, 0.25) is 0 Å². The van der Waals surface area contributed by atoms with E-state index in [-0.39, 0.29) is 19.6 Å². The Balaban J connectivity index is 2.75. The zero-order valence-corrected chi connectivity index (χ0v) is 11.8. The zero-order chi connectivity index (χ0) is 14.6. The number of nitrogens with zero attached hydrogens (tertiary/aromatic N) is 1. The van der Waals surface area contributed by atoms with Gasteiger partial charge in [-0.15, -0.1) is 0 Å². The number of esters is 1. The van der Waals surface area contributed by atoms with Gasteiger partial charge >= 0.3 is 5.97 Å². The van der Waals surface area contributed by atoms with Gasteiger partial charge in [0.15, 0.2) is 5.79 Å². The molecule has 3 unspecified atom stereocenters. The summed E-state index contributed by atoms with van der Waals surface area (Å²) in [5, 5.41) is 11.0. The predicted octanol–water partition coefficient (Wildman–Crippen LogP) is 1.37. The quantitative estimate of drug-likeness (QED) is 0.413. The molecule has 1 fully saturated rings. The summed E-state index contributed by atoms with van der Waals surface area (Å²) in [6, 6.07) is -0.896. The van der Waals surface area contributed by atoms with Gasteiger partial charge < -0.3 is 14.2 Å². The van der Waals surface area contributed by atoms with E-state index in [1.165, 1.54) is 6.92 Å². The number of hydrogen-bond donors (Lipinski definition) is 0. The molecule has 0 saturated carbocycles. The van der Waals surface area contributed by atoms with E-state index < -0.39 is 34.7 Å². The molecule has 7 heteroatoms. The van der Waals surface area contributed by atoms with Crippen LogP contribution in [0.3, 0.4) is 0 Å². The number of ether oxygens (including phenoxy) is 3. The van der Waals surface area contributed by atoms with E-state index in [4.69, 9.17) is 14.2 Å². The third-order valence-electron chi connectivity index (χ3n) is 3.17. The second-order valence-electron chi connectivity index (χ2n) is 5.07. The highest BCUT2D eigenvalue weighted by atomic mass is 16.7. The highest BCUT2D eigenvalue weighted by Crippen LogP contribution is 2.31. The topological polar surface area (TPSA) is 87.9 Å². The molecule has 3 atom stereocenters. The molecule has 0 N–H and O–H groups in total. The van der Waals surface area contributed by atoms with Gasteiger partial charge in [-0.3, -0.25) is 14.9 Å². The van der Waals surface area contributed by atoms with Gasteiger partial charge in [0.2, 0.25) is 6.04 Å². The highest BCUT2D eigenvalue weighted by molar-refractivity contribution is 5.69. The Morgan fingerprint density at radius 1 is 1.58 bits per heavy atom. The van der Waals surface area contributed by atoms with Crippen LogP contribution in [0.25, 0.3) is 0 Å². The maximum Gasteiger partial charge on any atom is 0.306 e. The molecule has 1 aliphatic heterocycles. The number of carbonyl (C=O) groups excluding carboxylic acids is 1. The first kappa shape index (κ1) is 15.8. The summed E-state index contributed by atoms with van der Waals surface area (Å²) in [4.78, 5) is 22.1. The second kappa shape index (κ2) is 6.29. The van der Waals surface area contributed by atoms with Gasteiger partial charge in [0.1, 0.15) is 0 Å².